The van der Waals surface area contributed by atoms with Crippen LogP contribution in [0.3, 0.4) is 0 Å². The van der Waals surface area contributed by atoms with Crippen LogP contribution in [0, 0.1) is 24.7 Å². The summed E-state index contributed by atoms with van der Waals surface area (Å²) in [6, 6.07) is -0.0499. The van der Waals surface area contributed by atoms with E-state index in [1.165, 1.54) is 58.1 Å². The molecule has 2 aliphatic heterocycles. The van der Waals surface area contributed by atoms with Crippen LogP contribution in [0.5, 0.6) is 5.75 Å². The number of benzene rings is 1. The smallest absolute Gasteiger partial charge is 0.329 e. The molecule has 1 aromatic rings. The SMILES string of the molecule is COC(=O)[C@H](CSC1=C2NC(=O)\C(C)=C/C=C\C=C\[C@H](C)[C@@H](O)CC(=O)/C(C)=C/C[C@H](O)/C=C/[C@H](C)[C@H](O)[C@@H](C)/C=C(\C)C(=O)c3c(O)c(C)cc(c3C1=O)C2=O)NC(C)=O. The maximum absolute atomic E-state index is 14.6. The van der Waals surface area contributed by atoms with Crippen LogP contribution in [0.25, 0.3) is 0 Å². The highest BCUT2D eigenvalue weighted by atomic mass is 32.2. The molecule has 0 aromatic heterocycles. The number of allylic oxidation sites excluding steroid dienone is 8. The Labute approximate surface area is 360 Å². The zero-order valence-corrected chi connectivity index (χ0v) is 36.7. The molecule has 7 atom stereocenters. The first-order valence-electron chi connectivity index (χ1n) is 19.8. The van der Waals surface area contributed by atoms with E-state index in [1.54, 1.807) is 58.1 Å². The third-order valence-electron chi connectivity index (χ3n) is 10.4. The van der Waals surface area contributed by atoms with Gasteiger partial charge in [-0.2, -0.15) is 0 Å². The summed E-state index contributed by atoms with van der Waals surface area (Å²) in [5.74, 6) is -7.66. The van der Waals surface area contributed by atoms with Gasteiger partial charge in [0.15, 0.2) is 11.6 Å². The summed E-state index contributed by atoms with van der Waals surface area (Å²) in [5, 5.41) is 48.8. The highest BCUT2D eigenvalue weighted by Gasteiger charge is 2.40. The first-order valence-corrected chi connectivity index (χ1v) is 20.8. The van der Waals surface area contributed by atoms with Crippen molar-refractivity contribution < 1.29 is 58.7 Å². The molecule has 0 radical (unpaired) electrons. The molecule has 1 aliphatic carbocycles. The lowest BCUT2D eigenvalue weighted by atomic mass is 9.83. The summed E-state index contributed by atoms with van der Waals surface area (Å²) >= 11 is 0.657. The van der Waals surface area contributed by atoms with Gasteiger partial charge in [-0.3, -0.25) is 28.8 Å². The molecule has 61 heavy (non-hydrogen) atoms. The van der Waals surface area contributed by atoms with E-state index in [-0.39, 0.29) is 51.6 Å². The van der Waals surface area contributed by atoms with Crippen LogP contribution in [0.1, 0.15) is 97.9 Å². The Morgan fingerprint density at radius 3 is 2.16 bits per heavy atom. The molecule has 2 amide bonds. The van der Waals surface area contributed by atoms with Gasteiger partial charge >= 0.3 is 5.97 Å². The van der Waals surface area contributed by atoms with Gasteiger partial charge < -0.3 is 35.8 Å². The fourth-order valence-corrected chi connectivity index (χ4v) is 7.56. The molecule has 4 rings (SSSR count). The van der Waals surface area contributed by atoms with Crippen molar-refractivity contribution in [1.29, 1.82) is 0 Å². The van der Waals surface area contributed by atoms with Crippen LogP contribution >= 0.6 is 11.8 Å². The quantitative estimate of drug-likeness (QED) is 0.172. The molecular weight excluding hydrogens is 805 g/mol. The lowest BCUT2D eigenvalue weighted by Gasteiger charge is -2.25. The summed E-state index contributed by atoms with van der Waals surface area (Å²) in [4.78, 5) is 93.8. The van der Waals surface area contributed by atoms with Gasteiger partial charge in [0, 0.05) is 53.6 Å². The summed E-state index contributed by atoms with van der Waals surface area (Å²) in [5.41, 5.74) is -1.05. The molecule has 0 spiro atoms. The van der Waals surface area contributed by atoms with E-state index in [4.69, 9.17) is 4.74 Å². The number of phenols is 1. The van der Waals surface area contributed by atoms with Crippen LogP contribution in [0.2, 0.25) is 0 Å². The van der Waals surface area contributed by atoms with Gasteiger partial charge in [-0.25, -0.2) is 4.79 Å². The number of aromatic hydroxyl groups is 1. The topological polar surface area (TPSA) is 234 Å². The Morgan fingerprint density at radius 2 is 1.52 bits per heavy atom. The van der Waals surface area contributed by atoms with Gasteiger partial charge in [0.2, 0.25) is 17.5 Å². The number of methoxy groups -OCH3 is 1. The van der Waals surface area contributed by atoms with Crippen LogP contribution < -0.4 is 10.6 Å². The van der Waals surface area contributed by atoms with Crippen molar-refractivity contribution in [1.82, 2.24) is 10.6 Å². The number of aliphatic hydroxyl groups is 3. The molecule has 1 aromatic carbocycles. The number of carbonyl (C=O) groups is 7. The number of hydrogen-bond donors (Lipinski definition) is 6. The van der Waals surface area contributed by atoms with Crippen molar-refractivity contribution >= 4 is 52.7 Å². The number of ether oxygens (including phenoxy) is 1. The van der Waals surface area contributed by atoms with Crippen LogP contribution in [0.4, 0.5) is 0 Å². The third-order valence-corrected chi connectivity index (χ3v) is 11.6. The minimum absolute atomic E-state index is 0.0252. The molecule has 6 N–H and O–H groups in total. The van der Waals surface area contributed by atoms with E-state index in [1.807, 2.05) is 0 Å². The Balaban J connectivity index is 2.23. The largest absolute Gasteiger partial charge is 0.507 e. The highest BCUT2D eigenvalue weighted by Crippen LogP contribution is 2.40. The average molecular weight is 861 g/mol. The number of Topliss-reactive ketones (excluding diaryl/α,β-unsaturated/α-hetero) is 4. The van der Waals surface area contributed by atoms with Gasteiger partial charge in [-0.05, 0) is 56.9 Å². The second kappa shape index (κ2) is 22.4. The van der Waals surface area contributed by atoms with E-state index in [0.717, 1.165) is 7.11 Å². The van der Waals surface area contributed by atoms with Gasteiger partial charge in [0.05, 0.1) is 35.9 Å². The predicted molar refractivity (Wildman–Crippen MR) is 232 cm³/mol. The molecule has 0 unspecified atom stereocenters. The van der Waals surface area contributed by atoms with Crippen LogP contribution in [-0.2, 0) is 23.9 Å². The standard InChI is InChI=1S/C46H56N2O12S/c1-23-13-11-10-12-14-26(4)45(58)48-38-42(56)32-20-29(7)41(55)37(36(32)43(57)44(38)61-22-33(46(59)60-9)47-30(8)49)40(54)28(6)19-27(5)39(53)25(3)16-18-31(50)17-15-24(2)35(52)21-34(23)51/h10-16,18-20,23,25,27,31,33-34,39,50-51,53,55H,17,21-22H2,1-9H3,(H,47,49)(H,48,58)/b12-10-,13-11+,18-16+,24-15+,26-14-,28-19+/t23-,25-,27-,31-,33-,34-,39-/m0/s1. The fourth-order valence-electron chi connectivity index (χ4n) is 6.49. The van der Waals surface area contributed by atoms with Crippen molar-refractivity contribution in [3.63, 3.8) is 0 Å². The number of fused-ring (bicyclic) bond motifs is 18. The predicted octanol–water partition coefficient (Wildman–Crippen LogP) is 4.86. The fraction of sp³-hybridized carbons (Fsp3) is 0.413. The lowest BCUT2D eigenvalue weighted by Crippen LogP contribution is -2.42. The number of carbonyl (C=O) groups excluding carboxylic acids is 7. The molecule has 0 saturated heterocycles. The summed E-state index contributed by atoms with van der Waals surface area (Å²) < 4.78 is 4.81. The Hall–Kier alpha value is -5.48. The molecular formula is C46H56N2O12S. The van der Waals surface area contributed by atoms with E-state index in [9.17, 15) is 54.0 Å². The van der Waals surface area contributed by atoms with Crippen LogP contribution in [0.15, 0.2) is 88.1 Å². The first kappa shape index (κ1) is 49.9. The monoisotopic (exact) mass is 860 g/mol. The highest BCUT2D eigenvalue weighted by molar-refractivity contribution is 8.04. The summed E-state index contributed by atoms with van der Waals surface area (Å²) in [7, 11) is 1.10. The second-order valence-electron chi connectivity index (χ2n) is 15.4. The third kappa shape index (κ3) is 13.0. The minimum atomic E-state index is -1.29. The number of hydrogen-bond acceptors (Lipinski definition) is 13. The molecule has 328 valence electrons. The number of thioether (sulfide) groups is 1. The maximum Gasteiger partial charge on any atom is 0.329 e. The average Bonchev–Trinajstić information content (AvgIpc) is 3.21. The maximum atomic E-state index is 14.6. The minimum Gasteiger partial charge on any atom is -0.507 e. The normalized spacial score (nSPS) is 28.7. The van der Waals surface area contributed by atoms with Gasteiger partial charge in [0.1, 0.15) is 17.5 Å². The van der Waals surface area contributed by atoms with E-state index in [2.05, 4.69) is 10.6 Å². The number of esters is 1. The molecule has 0 saturated carbocycles. The molecule has 0 fully saturated rings. The molecule has 15 heteroatoms. The summed E-state index contributed by atoms with van der Waals surface area (Å²) in [6.07, 6.45) is 10.9. The second-order valence-corrected chi connectivity index (χ2v) is 16.4. The Kier molecular flexibility index (Phi) is 18.3. The zero-order chi connectivity index (χ0) is 45.9. The van der Waals surface area contributed by atoms with E-state index in [0.29, 0.717) is 17.3 Å². The van der Waals surface area contributed by atoms with Crippen molar-refractivity contribution in [3.05, 3.63) is 110 Å². The zero-order valence-electron chi connectivity index (χ0n) is 35.9. The molecule has 2 heterocycles. The molecule has 3 aliphatic rings. The Bertz CT molecular complexity index is 2160. The van der Waals surface area contributed by atoms with Crippen molar-refractivity contribution in [3.8, 4) is 5.75 Å². The lowest BCUT2D eigenvalue weighted by molar-refractivity contribution is -0.144. The first-order chi connectivity index (χ1) is 28.6. The van der Waals surface area contributed by atoms with E-state index >= 15 is 0 Å². The number of rotatable bonds is 5. The number of aryl methyl sites for hydroxylation is 1. The van der Waals surface area contributed by atoms with Crippen LogP contribution in [-0.4, -0.2) is 98.6 Å². The van der Waals surface area contributed by atoms with Gasteiger partial charge in [-0.1, -0.05) is 75.5 Å². The number of amides is 2. The van der Waals surface area contributed by atoms with E-state index < -0.39 is 99.8 Å². The van der Waals surface area contributed by atoms with Gasteiger partial charge in [-0.15, -0.1) is 11.8 Å². The van der Waals surface area contributed by atoms with Crippen molar-refractivity contribution in [2.45, 2.75) is 92.6 Å². The number of nitrogens with one attached hydrogen (secondary N) is 2. The van der Waals surface area contributed by atoms with Crippen molar-refractivity contribution in [2.75, 3.05) is 12.9 Å². The number of ketones is 4. The Morgan fingerprint density at radius 1 is 0.852 bits per heavy atom. The van der Waals surface area contributed by atoms with Gasteiger partial charge in [0.25, 0.3) is 5.91 Å². The molecule has 4 bridgehead atoms. The summed E-state index contributed by atoms with van der Waals surface area (Å²) in [6.45, 7) is 12.2. The number of aliphatic hydroxyl groups excluding tert-OH is 3. The number of phenolic OH excluding ortho intramolecular Hbond substituents is 1. The molecule has 14 nitrogen and oxygen atoms in total. The van der Waals surface area contributed by atoms with Crippen molar-refractivity contribution in [2.24, 2.45) is 17.8 Å².